The Labute approximate surface area is 111 Å². The Morgan fingerprint density at radius 3 is 2.63 bits per heavy atom. The van der Waals surface area contributed by atoms with E-state index in [-0.39, 0.29) is 12.3 Å². The van der Waals surface area contributed by atoms with Crippen LogP contribution in [0.15, 0.2) is 35.3 Å². The molecule has 0 aliphatic carbocycles. The van der Waals surface area contributed by atoms with Gasteiger partial charge in [-0.2, -0.15) is 0 Å². The molecule has 0 spiro atoms. The fraction of sp³-hybridized carbons (Fsp3) is 0.308. The smallest absolute Gasteiger partial charge is 0.330 e. The molecule has 0 saturated carbocycles. The van der Waals surface area contributed by atoms with Crippen molar-refractivity contribution in [2.24, 2.45) is 4.99 Å². The summed E-state index contributed by atoms with van der Waals surface area (Å²) in [6.45, 7) is 0. The average Bonchev–Trinajstić information content (AvgIpc) is 2.36. The summed E-state index contributed by atoms with van der Waals surface area (Å²) in [6, 6.07) is 8.73. The molecule has 1 aliphatic heterocycles. The maximum absolute atomic E-state index is 12.0. The molecule has 1 fully saturated rings. The van der Waals surface area contributed by atoms with Gasteiger partial charge in [0.15, 0.2) is 0 Å². The van der Waals surface area contributed by atoms with Gasteiger partial charge in [-0.1, -0.05) is 18.2 Å². The lowest BCUT2D eigenvalue weighted by Gasteiger charge is -2.32. The van der Waals surface area contributed by atoms with Gasteiger partial charge in [-0.05, 0) is 12.1 Å². The number of nitrogens with zero attached hydrogens (tertiary/aromatic N) is 3. The number of hydrogen-bond donors (Lipinski definition) is 1. The van der Waals surface area contributed by atoms with Gasteiger partial charge < -0.3 is 4.90 Å². The van der Waals surface area contributed by atoms with Gasteiger partial charge in [0.2, 0.25) is 5.91 Å². The molecule has 0 bridgehead atoms. The Kier molecular flexibility index (Phi) is 3.79. The molecule has 1 saturated heterocycles. The van der Waals surface area contributed by atoms with Gasteiger partial charge >= 0.3 is 6.03 Å². The maximum Gasteiger partial charge on any atom is 0.330 e. The summed E-state index contributed by atoms with van der Waals surface area (Å²) in [4.78, 5) is 31.0. The number of rotatable bonds is 3. The van der Waals surface area contributed by atoms with Crippen LogP contribution in [0.2, 0.25) is 0 Å². The first-order valence-electron chi connectivity index (χ1n) is 5.96. The van der Waals surface area contributed by atoms with Gasteiger partial charge in [-0.3, -0.25) is 15.0 Å². The van der Waals surface area contributed by atoms with E-state index in [1.54, 1.807) is 11.2 Å². The van der Waals surface area contributed by atoms with Gasteiger partial charge in [0.1, 0.15) is 6.17 Å². The summed E-state index contributed by atoms with van der Waals surface area (Å²) in [7, 11) is 3.67. The zero-order valence-electron chi connectivity index (χ0n) is 10.9. The minimum Gasteiger partial charge on any atom is -0.369 e. The maximum atomic E-state index is 12.0. The summed E-state index contributed by atoms with van der Waals surface area (Å²) in [5, 5.41) is 2.31. The van der Waals surface area contributed by atoms with Crippen molar-refractivity contribution >= 4 is 24.0 Å². The van der Waals surface area contributed by atoms with Crippen molar-refractivity contribution in [2.75, 3.05) is 19.0 Å². The highest BCUT2D eigenvalue weighted by atomic mass is 16.2. The van der Waals surface area contributed by atoms with Gasteiger partial charge in [0, 0.05) is 19.8 Å². The number of carbonyl (C=O) groups is 2. The summed E-state index contributed by atoms with van der Waals surface area (Å²) >= 11 is 0. The molecular formula is C13H16N4O2. The molecule has 6 nitrogen and oxygen atoms in total. The van der Waals surface area contributed by atoms with Crippen molar-refractivity contribution in [1.82, 2.24) is 10.2 Å². The highest BCUT2D eigenvalue weighted by Crippen LogP contribution is 2.21. The predicted molar refractivity (Wildman–Crippen MR) is 73.0 cm³/mol. The van der Waals surface area contributed by atoms with E-state index in [0.717, 1.165) is 0 Å². The summed E-state index contributed by atoms with van der Waals surface area (Å²) in [5.41, 5.74) is 0.716. The number of hydrogen-bond acceptors (Lipinski definition) is 3. The van der Waals surface area contributed by atoms with Crippen molar-refractivity contribution in [3.63, 3.8) is 0 Å². The lowest BCUT2D eigenvalue weighted by molar-refractivity contribution is -0.120. The number of urea groups is 1. The second-order valence-electron chi connectivity index (χ2n) is 4.47. The third-order valence-electron chi connectivity index (χ3n) is 2.64. The Bertz CT molecular complexity index is 499. The van der Waals surface area contributed by atoms with E-state index in [0.29, 0.717) is 5.69 Å². The van der Waals surface area contributed by atoms with Crippen LogP contribution in [0, 0.1) is 0 Å². The van der Waals surface area contributed by atoms with Gasteiger partial charge in [-0.15, -0.1) is 0 Å². The largest absolute Gasteiger partial charge is 0.369 e. The zero-order valence-corrected chi connectivity index (χ0v) is 10.9. The number of anilines is 1. The molecular weight excluding hydrogens is 244 g/mol. The first-order valence-corrected chi connectivity index (χ1v) is 5.96. The molecule has 0 aromatic heterocycles. The second-order valence-corrected chi connectivity index (χ2v) is 4.47. The van der Waals surface area contributed by atoms with E-state index in [1.165, 1.54) is 4.90 Å². The molecule has 1 aromatic carbocycles. The standard InChI is InChI=1S/C13H16N4O2/c1-16(2)9-14-11-8-12(18)15-13(19)17(11)10-6-4-3-5-7-10/h3-7,9,11H,8H2,1-2H3,(H,15,18,19)/b14-9+. The Balaban J connectivity index is 2.30. The van der Waals surface area contributed by atoms with Crippen LogP contribution in [0.4, 0.5) is 10.5 Å². The number of benzene rings is 1. The van der Waals surface area contributed by atoms with E-state index >= 15 is 0 Å². The fourth-order valence-corrected chi connectivity index (χ4v) is 1.83. The fourth-order valence-electron chi connectivity index (χ4n) is 1.83. The average molecular weight is 260 g/mol. The molecule has 1 heterocycles. The van der Waals surface area contributed by atoms with Crippen molar-refractivity contribution in [2.45, 2.75) is 12.6 Å². The first-order chi connectivity index (χ1) is 9.08. The number of carbonyl (C=O) groups excluding carboxylic acids is 2. The molecule has 1 aromatic rings. The van der Waals surface area contributed by atoms with Crippen LogP contribution in [-0.4, -0.2) is 43.4 Å². The van der Waals surface area contributed by atoms with Crippen molar-refractivity contribution in [3.05, 3.63) is 30.3 Å². The second kappa shape index (κ2) is 5.51. The lowest BCUT2D eigenvalue weighted by atomic mass is 10.2. The van der Waals surface area contributed by atoms with Gasteiger partial charge in [-0.25, -0.2) is 9.79 Å². The highest BCUT2D eigenvalue weighted by Gasteiger charge is 2.32. The molecule has 0 radical (unpaired) electrons. The Morgan fingerprint density at radius 1 is 1.32 bits per heavy atom. The van der Waals surface area contributed by atoms with E-state index in [4.69, 9.17) is 0 Å². The van der Waals surface area contributed by atoms with Gasteiger partial charge in [0.05, 0.1) is 12.8 Å². The molecule has 3 amide bonds. The highest BCUT2D eigenvalue weighted by molar-refractivity contribution is 6.06. The number of para-hydroxylation sites is 1. The van der Waals surface area contributed by atoms with Crippen LogP contribution in [0.25, 0.3) is 0 Å². The van der Waals surface area contributed by atoms with E-state index in [9.17, 15) is 9.59 Å². The third kappa shape index (κ3) is 3.09. The third-order valence-corrected chi connectivity index (χ3v) is 2.64. The minimum absolute atomic E-state index is 0.158. The first kappa shape index (κ1) is 13.1. The van der Waals surface area contributed by atoms with E-state index in [1.807, 2.05) is 44.4 Å². The molecule has 100 valence electrons. The number of imide groups is 1. The summed E-state index contributed by atoms with van der Waals surface area (Å²) in [5.74, 6) is -0.307. The normalized spacial score (nSPS) is 19.7. The number of aliphatic imine (C=N–C) groups is 1. The molecule has 2 rings (SSSR count). The molecule has 1 aliphatic rings. The van der Waals surface area contributed by atoms with Crippen molar-refractivity contribution in [3.8, 4) is 0 Å². The lowest BCUT2D eigenvalue weighted by Crippen LogP contribution is -2.54. The molecule has 6 heteroatoms. The topological polar surface area (TPSA) is 65.0 Å². The number of amides is 3. The van der Waals surface area contributed by atoms with Crippen LogP contribution in [-0.2, 0) is 4.79 Å². The van der Waals surface area contributed by atoms with Gasteiger partial charge in [0.25, 0.3) is 0 Å². The predicted octanol–water partition coefficient (Wildman–Crippen LogP) is 1.05. The molecule has 1 atom stereocenters. The SMILES string of the molecule is CN(C)/C=N/C1CC(=O)NC(=O)N1c1ccccc1. The molecule has 19 heavy (non-hydrogen) atoms. The molecule has 1 N–H and O–H groups in total. The van der Waals surface area contributed by atoms with Crippen LogP contribution in [0.1, 0.15) is 6.42 Å². The number of nitrogens with one attached hydrogen (secondary N) is 1. The van der Waals surface area contributed by atoms with Crippen molar-refractivity contribution < 1.29 is 9.59 Å². The monoisotopic (exact) mass is 260 g/mol. The van der Waals surface area contributed by atoms with Crippen LogP contribution < -0.4 is 10.2 Å². The van der Waals surface area contributed by atoms with Crippen LogP contribution in [0.5, 0.6) is 0 Å². The Morgan fingerprint density at radius 2 is 2.00 bits per heavy atom. The van der Waals surface area contributed by atoms with Crippen molar-refractivity contribution in [1.29, 1.82) is 0 Å². The summed E-state index contributed by atoms with van der Waals surface area (Å²) in [6.07, 6.45) is 1.25. The van der Waals surface area contributed by atoms with E-state index in [2.05, 4.69) is 10.3 Å². The van der Waals surface area contributed by atoms with E-state index < -0.39 is 12.2 Å². The van der Waals surface area contributed by atoms with Crippen LogP contribution >= 0.6 is 0 Å². The summed E-state index contributed by atoms with van der Waals surface area (Å²) < 4.78 is 0. The van der Waals surface area contributed by atoms with Crippen LogP contribution in [0.3, 0.4) is 0 Å². The quantitative estimate of drug-likeness (QED) is 0.652. The minimum atomic E-state index is -0.508. The molecule has 1 unspecified atom stereocenters. The Hall–Kier alpha value is -2.37. The zero-order chi connectivity index (χ0) is 13.8.